The minimum atomic E-state index is -0.876. The second-order valence-electron chi connectivity index (χ2n) is 3.47. The molecule has 15 heavy (non-hydrogen) atoms. The third-order valence-corrected chi connectivity index (χ3v) is 2.67. The molecule has 82 valence electrons. The predicted molar refractivity (Wildman–Crippen MR) is 58.5 cm³/mol. The molecular weight excluding hydrogens is 216 g/mol. The summed E-state index contributed by atoms with van der Waals surface area (Å²) in [7, 11) is 0. The van der Waals surface area contributed by atoms with Crippen LogP contribution in [-0.4, -0.2) is 16.2 Å². The maximum absolute atomic E-state index is 10.9. The van der Waals surface area contributed by atoms with Crippen molar-refractivity contribution < 1.29 is 15.0 Å². The lowest BCUT2D eigenvalue weighted by Gasteiger charge is -2.12. The van der Waals surface area contributed by atoms with Gasteiger partial charge in [-0.25, -0.2) is 0 Å². The highest BCUT2D eigenvalue weighted by Gasteiger charge is 2.19. The number of aryl methyl sites for hydroxylation is 1. The van der Waals surface area contributed by atoms with Gasteiger partial charge in [0.2, 0.25) is 0 Å². The zero-order valence-electron chi connectivity index (χ0n) is 8.62. The Morgan fingerprint density at radius 1 is 1.53 bits per heavy atom. The Hall–Kier alpha value is -1.22. The van der Waals surface area contributed by atoms with Gasteiger partial charge < -0.3 is 10.2 Å². The van der Waals surface area contributed by atoms with E-state index in [1.54, 1.807) is 19.9 Å². The summed E-state index contributed by atoms with van der Waals surface area (Å²) >= 11 is 5.78. The van der Waals surface area contributed by atoms with E-state index in [0.717, 1.165) is 0 Å². The molecule has 0 aliphatic rings. The highest BCUT2D eigenvalue weighted by atomic mass is 35.5. The maximum atomic E-state index is 10.9. The number of rotatable bonds is 3. The third kappa shape index (κ3) is 2.42. The summed E-state index contributed by atoms with van der Waals surface area (Å²) in [5.74, 6) is -1.43. The van der Waals surface area contributed by atoms with Crippen LogP contribution >= 0.6 is 11.6 Å². The van der Waals surface area contributed by atoms with E-state index in [2.05, 4.69) is 0 Å². The molecule has 1 rings (SSSR count). The van der Waals surface area contributed by atoms with E-state index in [0.29, 0.717) is 17.5 Å². The maximum Gasteiger partial charge on any atom is 0.310 e. The number of carboxylic acid groups (broad SMARTS) is 1. The first-order valence-electron chi connectivity index (χ1n) is 4.69. The van der Waals surface area contributed by atoms with Crippen LogP contribution in [0.15, 0.2) is 12.1 Å². The van der Waals surface area contributed by atoms with Gasteiger partial charge in [-0.1, -0.05) is 24.6 Å². The first kappa shape index (κ1) is 11.9. The van der Waals surface area contributed by atoms with Crippen LogP contribution in [0.3, 0.4) is 0 Å². The van der Waals surface area contributed by atoms with Gasteiger partial charge >= 0.3 is 5.97 Å². The van der Waals surface area contributed by atoms with Gasteiger partial charge in [0.05, 0.1) is 10.9 Å². The Morgan fingerprint density at radius 2 is 2.13 bits per heavy atom. The number of hydrogen-bond acceptors (Lipinski definition) is 2. The molecule has 0 amide bonds. The molecule has 3 nitrogen and oxygen atoms in total. The number of carbonyl (C=O) groups is 1. The summed E-state index contributed by atoms with van der Waals surface area (Å²) in [6, 6.07) is 3.16. The van der Waals surface area contributed by atoms with Gasteiger partial charge in [0.15, 0.2) is 0 Å². The average Bonchev–Trinajstić information content (AvgIpc) is 2.14. The standard InChI is InChI=1S/C11H13ClO3/c1-3-8(11(14)15)7-4-6(2)10(13)9(12)5-7/h4-5,8,13H,3H2,1-2H3,(H,14,15). The van der Waals surface area contributed by atoms with Crippen molar-refractivity contribution in [3.05, 3.63) is 28.3 Å². The van der Waals surface area contributed by atoms with Crippen molar-refractivity contribution in [3.8, 4) is 5.75 Å². The van der Waals surface area contributed by atoms with Crippen LogP contribution in [0.5, 0.6) is 5.75 Å². The second-order valence-corrected chi connectivity index (χ2v) is 3.87. The number of benzene rings is 1. The Labute approximate surface area is 93.3 Å². The fourth-order valence-corrected chi connectivity index (χ4v) is 1.79. The summed E-state index contributed by atoms with van der Waals surface area (Å²) in [5.41, 5.74) is 1.22. The van der Waals surface area contributed by atoms with Gasteiger partial charge in [-0.3, -0.25) is 4.79 Å². The minimum Gasteiger partial charge on any atom is -0.506 e. The highest BCUT2D eigenvalue weighted by Crippen LogP contribution is 2.32. The fourth-order valence-electron chi connectivity index (χ4n) is 1.52. The third-order valence-electron chi connectivity index (χ3n) is 2.39. The molecule has 0 aliphatic carbocycles. The first-order chi connectivity index (χ1) is 6.97. The van der Waals surface area contributed by atoms with Crippen LogP contribution in [0.4, 0.5) is 0 Å². The van der Waals surface area contributed by atoms with Crippen LogP contribution in [0.1, 0.15) is 30.4 Å². The van der Waals surface area contributed by atoms with Crippen molar-refractivity contribution >= 4 is 17.6 Å². The number of phenols is 1. The molecule has 0 spiro atoms. The number of halogens is 1. The van der Waals surface area contributed by atoms with Crippen molar-refractivity contribution in [3.63, 3.8) is 0 Å². The molecule has 2 N–H and O–H groups in total. The molecule has 4 heteroatoms. The van der Waals surface area contributed by atoms with E-state index in [1.165, 1.54) is 6.07 Å². The normalized spacial score (nSPS) is 12.5. The van der Waals surface area contributed by atoms with E-state index in [9.17, 15) is 9.90 Å². The minimum absolute atomic E-state index is 0.0145. The number of phenolic OH excluding ortho intramolecular Hbond substituents is 1. The van der Waals surface area contributed by atoms with E-state index in [4.69, 9.17) is 16.7 Å². The van der Waals surface area contributed by atoms with Crippen molar-refractivity contribution in [1.82, 2.24) is 0 Å². The van der Waals surface area contributed by atoms with E-state index < -0.39 is 11.9 Å². The Bertz CT molecular complexity index is 364. The SMILES string of the molecule is CCC(C(=O)O)c1cc(C)c(O)c(Cl)c1. The van der Waals surface area contributed by atoms with Crippen molar-refractivity contribution in [2.24, 2.45) is 0 Å². The van der Waals surface area contributed by atoms with Gasteiger partial charge in [0, 0.05) is 0 Å². The largest absolute Gasteiger partial charge is 0.506 e. The molecule has 0 aliphatic heterocycles. The summed E-state index contributed by atoms with van der Waals surface area (Å²) in [5, 5.41) is 18.6. The summed E-state index contributed by atoms with van der Waals surface area (Å²) in [6.45, 7) is 3.49. The first-order valence-corrected chi connectivity index (χ1v) is 5.07. The van der Waals surface area contributed by atoms with Crippen LogP contribution in [0, 0.1) is 6.92 Å². The Morgan fingerprint density at radius 3 is 2.53 bits per heavy atom. The lowest BCUT2D eigenvalue weighted by atomic mass is 9.95. The van der Waals surface area contributed by atoms with Gasteiger partial charge in [0.1, 0.15) is 5.75 Å². The Kier molecular flexibility index (Phi) is 3.58. The monoisotopic (exact) mass is 228 g/mol. The molecule has 1 aromatic carbocycles. The van der Waals surface area contributed by atoms with E-state index >= 15 is 0 Å². The smallest absolute Gasteiger partial charge is 0.310 e. The molecule has 0 fully saturated rings. The number of hydrogen-bond donors (Lipinski definition) is 2. The van der Waals surface area contributed by atoms with Gasteiger partial charge in [-0.05, 0) is 30.5 Å². The molecule has 0 radical (unpaired) electrons. The van der Waals surface area contributed by atoms with E-state index in [1.807, 2.05) is 0 Å². The van der Waals surface area contributed by atoms with Crippen LogP contribution in [0.25, 0.3) is 0 Å². The lowest BCUT2D eigenvalue weighted by molar-refractivity contribution is -0.138. The quantitative estimate of drug-likeness (QED) is 0.836. The average molecular weight is 229 g/mol. The highest BCUT2D eigenvalue weighted by molar-refractivity contribution is 6.32. The predicted octanol–water partition coefficient (Wildman–Crippen LogP) is 2.93. The molecule has 0 aromatic heterocycles. The molecule has 1 aromatic rings. The van der Waals surface area contributed by atoms with Crippen molar-refractivity contribution in [2.45, 2.75) is 26.2 Å². The fraction of sp³-hybridized carbons (Fsp3) is 0.364. The van der Waals surface area contributed by atoms with Gasteiger partial charge in [-0.2, -0.15) is 0 Å². The number of aliphatic carboxylic acids is 1. The number of carboxylic acids is 1. The zero-order chi connectivity index (χ0) is 11.6. The van der Waals surface area contributed by atoms with Gasteiger partial charge in [0.25, 0.3) is 0 Å². The molecule has 0 saturated heterocycles. The molecule has 0 heterocycles. The molecule has 1 unspecified atom stereocenters. The molecular formula is C11H13ClO3. The molecule has 1 atom stereocenters. The van der Waals surface area contributed by atoms with Crippen LogP contribution < -0.4 is 0 Å². The van der Waals surface area contributed by atoms with E-state index in [-0.39, 0.29) is 10.8 Å². The second kappa shape index (κ2) is 4.53. The van der Waals surface area contributed by atoms with Crippen LogP contribution in [0.2, 0.25) is 5.02 Å². The zero-order valence-corrected chi connectivity index (χ0v) is 9.38. The summed E-state index contributed by atoms with van der Waals surface area (Å²) in [4.78, 5) is 10.9. The summed E-state index contributed by atoms with van der Waals surface area (Å²) in [6.07, 6.45) is 0.496. The molecule has 0 saturated carbocycles. The Balaban J connectivity index is 3.20. The van der Waals surface area contributed by atoms with Gasteiger partial charge in [-0.15, -0.1) is 0 Å². The lowest BCUT2D eigenvalue weighted by Crippen LogP contribution is -2.10. The topological polar surface area (TPSA) is 57.5 Å². The van der Waals surface area contributed by atoms with Crippen molar-refractivity contribution in [1.29, 1.82) is 0 Å². The van der Waals surface area contributed by atoms with Crippen molar-refractivity contribution in [2.75, 3.05) is 0 Å². The number of aromatic hydroxyl groups is 1. The summed E-state index contributed by atoms with van der Waals surface area (Å²) < 4.78 is 0. The molecule has 0 bridgehead atoms. The van der Waals surface area contributed by atoms with Crippen LogP contribution in [-0.2, 0) is 4.79 Å².